The first kappa shape index (κ1) is 21.7. The second kappa shape index (κ2) is 9.32. The zero-order valence-electron chi connectivity index (χ0n) is 18.1. The molecule has 2 N–H and O–H groups in total. The van der Waals surface area contributed by atoms with Crippen LogP contribution in [0.1, 0.15) is 10.4 Å². The number of hydrogen-bond donors (Lipinski definition) is 2. The van der Waals surface area contributed by atoms with Crippen molar-refractivity contribution < 1.29 is 24.2 Å². The molecular formula is C26H22N2O5. The molecule has 4 rings (SSSR count). The van der Waals surface area contributed by atoms with Crippen LogP contribution in [0.3, 0.4) is 0 Å². The quantitative estimate of drug-likeness (QED) is 0.430. The minimum Gasteiger partial charge on any atom is -0.506 e. The number of benzene rings is 4. The van der Waals surface area contributed by atoms with E-state index in [-0.39, 0.29) is 11.3 Å². The first-order chi connectivity index (χ1) is 16.0. The van der Waals surface area contributed by atoms with E-state index in [0.29, 0.717) is 33.6 Å². The van der Waals surface area contributed by atoms with Crippen LogP contribution < -0.4 is 19.7 Å². The van der Waals surface area contributed by atoms with Gasteiger partial charge in [0.2, 0.25) is 0 Å². The van der Waals surface area contributed by atoms with Crippen molar-refractivity contribution in [3.05, 3.63) is 90.5 Å². The highest BCUT2D eigenvalue weighted by atomic mass is 16.6. The van der Waals surface area contributed by atoms with E-state index in [9.17, 15) is 14.7 Å². The van der Waals surface area contributed by atoms with Crippen LogP contribution >= 0.6 is 0 Å². The second-order valence-corrected chi connectivity index (χ2v) is 7.26. The fourth-order valence-corrected chi connectivity index (χ4v) is 3.43. The number of methoxy groups -OCH3 is 1. The Kier molecular flexibility index (Phi) is 6.13. The number of amides is 2. The third-order valence-corrected chi connectivity index (χ3v) is 5.19. The summed E-state index contributed by atoms with van der Waals surface area (Å²) >= 11 is 0. The molecule has 7 nitrogen and oxygen atoms in total. The molecule has 0 radical (unpaired) electrons. The lowest BCUT2D eigenvalue weighted by molar-refractivity contribution is 0.102. The topological polar surface area (TPSA) is 88.1 Å². The maximum atomic E-state index is 12.8. The number of hydrogen-bond acceptors (Lipinski definition) is 5. The number of fused-ring (bicyclic) bond motifs is 1. The highest BCUT2D eigenvalue weighted by Crippen LogP contribution is 2.35. The molecule has 2 amide bonds. The molecule has 0 unspecified atom stereocenters. The molecule has 33 heavy (non-hydrogen) atoms. The van der Waals surface area contributed by atoms with Crippen molar-refractivity contribution in [2.75, 3.05) is 24.4 Å². The van der Waals surface area contributed by atoms with Gasteiger partial charge in [-0.3, -0.25) is 9.69 Å². The van der Waals surface area contributed by atoms with Crippen molar-refractivity contribution >= 4 is 34.1 Å². The molecule has 166 valence electrons. The average Bonchev–Trinajstić information content (AvgIpc) is 2.84. The summed E-state index contributed by atoms with van der Waals surface area (Å²) in [6.07, 6.45) is -0.575. The molecule has 0 fully saturated rings. The van der Waals surface area contributed by atoms with Crippen molar-refractivity contribution in [1.82, 2.24) is 0 Å². The van der Waals surface area contributed by atoms with Gasteiger partial charge in [-0.25, -0.2) is 4.79 Å². The number of nitrogens with zero attached hydrogens (tertiary/aromatic N) is 1. The van der Waals surface area contributed by atoms with Crippen molar-refractivity contribution in [3.8, 4) is 17.2 Å². The zero-order chi connectivity index (χ0) is 23.4. The van der Waals surface area contributed by atoms with E-state index in [1.54, 1.807) is 87.0 Å². The van der Waals surface area contributed by atoms with Gasteiger partial charge in [0.05, 0.1) is 18.4 Å². The van der Waals surface area contributed by atoms with Gasteiger partial charge in [-0.15, -0.1) is 0 Å². The standard InChI is InChI=1S/C26H22N2O5/c1-28(26(31)33-19-7-4-3-5-8-19)23-10-6-9-21-20(23)15-16-22(24(21)29)25(30)27-17-11-13-18(32-2)14-12-17/h3-16,29H,1-2H3,(H,27,30). The average molecular weight is 442 g/mol. The number of carbonyl (C=O) groups is 2. The van der Waals surface area contributed by atoms with Crippen LogP contribution in [-0.4, -0.2) is 31.3 Å². The molecule has 4 aromatic carbocycles. The van der Waals surface area contributed by atoms with E-state index in [1.165, 1.54) is 11.0 Å². The van der Waals surface area contributed by atoms with Gasteiger partial charge in [0, 0.05) is 23.5 Å². The van der Waals surface area contributed by atoms with Crippen LogP contribution in [0.25, 0.3) is 10.8 Å². The van der Waals surface area contributed by atoms with Gasteiger partial charge in [0.1, 0.15) is 17.2 Å². The molecule has 7 heteroatoms. The zero-order valence-corrected chi connectivity index (χ0v) is 18.1. The highest BCUT2D eigenvalue weighted by Gasteiger charge is 2.20. The van der Waals surface area contributed by atoms with E-state index in [2.05, 4.69) is 5.32 Å². The summed E-state index contributed by atoms with van der Waals surface area (Å²) in [5.41, 5.74) is 1.22. The lowest BCUT2D eigenvalue weighted by atomic mass is 10.0. The monoisotopic (exact) mass is 442 g/mol. The van der Waals surface area contributed by atoms with Gasteiger partial charge in [-0.2, -0.15) is 0 Å². The Morgan fingerprint density at radius 3 is 2.24 bits per heavy atom. The molecule has 4 aromatic rings. The predicted molar refractivity (Wildman–Crippen MR) is 127 cm³/mol. The summed E-state index contributed by atoms with van der Waals surface area (Å²) in [6.45, 7) is 0. The fourth-order valence-electron chi connectivity index (χ4n) is 3.43. The van der Waals surface area contributed by atoms with Gasteiger partial charge in [-0.05, 0) is 48.5 Å². The summed E-state index contributed by atoms with van der Waals surface area (Å²) in [5.74, 6) is 0.464. The molecule has 0 atom stereocenters. The number of carbonyl (C=O) groups excluding carboxylic acids is 2. The molecular weight excluding hydrogens is 420 g/mol. The maximum absolute atomic E-state index is 12.8. The lowest BCUT2D eigenvalue weighted by Gasteiger charge is -2.19. The number of rotatable bonds is 5. The Balaban J connectivity index is 1.60. The molecule has 0 aromatic heterocycles. The van der Waals surface area contributed by atoms with Crippen LogP contribution in [0.4, 0.5) is 16.2 Å². The summed E-state index contributed by atoms with van der Waals surface area (Å²) in [5, 5.41) is 14.6. The van der Waals surface area contributed by atoms with Crippen molar-refractivity contribution in [1.29, 1.82) is 0 Å². The number of nitrogens with one attached hydrogen (secondary N) is 1. The first-order valence-electron chi connectivity index (χ1n) is 10.2. The Hall–Kier alpha value is -4.52. The summed E-state index contributed by atoms with van der Waals surface area (Å²) in [4.78, 5) is 26.8. The number of aromatic hydroxyl groups is 1. The summed E-state index contributed by atoms with van der Waals surface area (Å²) in [6, 6.07) is 24.0. The van der Waals surface area contributed by atoms with Crippen LogP contribution in [0.15, 0.2) is 84.9 Å². The normalized spacial score (nSPS) is 10.5. The molecule has 0 heterocycles. The highest BCUT2D eigenvalue weighted by molar-refractivity contribution is 6.12. The minimum atomic E-state index is -0.575. The van der Waals surface area contributed by atoms with Gasteiger partial charge in [0.15, 0.2) is 0 Å². The van der Waals surface area contributed by atoms with Crippen LogP contribution in [0.2, 0.25) is 0 Å². The Morgan fingerprint density at radius 2 is 1.55 bits per heavy atom. The van der Waals surface area contributed by atoms with E-state index in [1.807, 2.05) is 6.07 Å². The summed E-state index contributed by atoms with van der Waals surface area (Å²) < 4.78 is 10.5. The largest absolute Gasteiger partial charge is 0.506 e. The van der Waals surface area contributed by atoms with E-state index >= 15 is 0 Å². The Morgan fingerprint density at radius 1 is 0.818 bits per heavy atom. The third kappa shape index (κ3) is 4.57. The van der Waals surface area contributed by atoms with E-state index < -0.39 is 12.0 Å². The number of phenols is 1. The Labute approximate surface area is 190 Å². The second-order valence-electron chi connectivity index (χ2n) is 7.26. The lowest BCUT2D eigenvalue weighted by Crippen LogP contribution is -2.29. The molecule has 0 saturated heterocycles. The molecule has 0 aliphatic heterocycles. The third-order valence-electron chi connectivity index (χ3n) is 5.19. The smallest absolute Gasteiger partial charge is 0.419 e. The molecule has 0 aliphatic carbocycles. The van der Waals surface area contributed by atoms with Crippen molar-refractivity contribution in [2.24, 2.45) is 0 Å². The fraction of sp³-hybridized carbons (Fsp3) is 0.0769. The number of para-hydroxylation sites is 1. The van der Waals surface area contributed by atoms with Crippen LogP contribution in [0.5, 0.6) is 17.2 Å². The van der Waals surface area contributed by atoms with Gasteiger partial charge < -0.3 is 19.9 Å². The minimum absolute atomic E-state index is 0.116. The van der Waals surface area contributed by atoms with Crippen molar-refractivity contribution in [2.45, 2.75) is 0 Å². The van der Waals surface area contributed by atoms with E-state index in [4.69, 9.17) is 9.47 Å². The molecule has 0 saturated carbocycles. The van der Waals surface area contributed by atoms with Crippen LogP contribution in [0, 0.1) is 0 Å². The van der Waals surface area contributed by atoms with Gasteiger partial charge in [-0.1, -0.05) is 36.4 Å². The number of phenolic OH excluding ortho intramolecular Hbond substituents is 1. The number of anilines is 2. The number of ether oxygens (including phenoxy) is 2. The molecule has 0 spiro atoms. The predicted octanol–water partition coefficient (Wildman–Crippen LogP) is 5.44. The first-order valence-corrected chi connectivity index (χ1v) is 10.2. The van der Waals surface area contributed by atoms with E-state index in [0.717, 1.165) is 0 Å². The molecule has 0 bridgehead atoms. The Bertz CT molecular complexity index is 1300. The maximum Gasteiger partial charge on any atom is 0.419 e. The van der Waals surface area contributed by atoms with Crippen molar-refractivity contribution in [3.63, 3.8) is 0 Å². The van der Waals surface area contributed by atoms with Gasteiger partial charge in [0.25, 0.3) is 5.91 Å². The molecule has 0 aliphatic rings. The van der Waals surface area contributed by atoms with Gasteiger partial charge >= 0.3 is 6.09 Å². The van der Waals surface area contributed by atoms with Crippen LogP contribution in [-0.2, 0) is 0 Å². The summed E-state index contributed by atoms with van der Waals surface area (Å²) in [7, 11) is 3.15. The SMILES string of the molecule is COc1ccc(NC(=O)c2ccc3c(N(C)C(=O)Oc4ccccc4)cccc3c2O)cc1.